The topological polar surface area (TPSA) is 67.9 Å². The lowest BCUT2D eigenvalue weighted by molar-refractivity contribution is -0.120. The maximum atomic E-state index is 14.5. The highest BCUT2D eigenvalue weighted by Gasteiger charge is 2.41. The van der Waals surface area contributed by atoms with Crippen molar-refractivity contribution in [1.82, 2.24) is 0 Å². The molecule has 8 heteroatoms. The quantitative estimate of drug-likeness (QED) is 0.581. The van der Waals surface area contributed by atoms with Crippen LogP contribution in [0, 0.1) is 11.6 Å². The molecule has 0 radical (unpaired) electrons. The Kier molecular flexibility index (Phi) is 5.59. The zero-order valence-corrected chi connectivity index (χ0v) is 17.2. The van der Waals surface area contributed by atoms with Crippen LogP contribution in [0.2, 0.25) is 0 Å². The summed E-state index contributed by atoms with van der Waals surface area (Å²) in [5.74, 6) is -2.43. The van der Waals surface area contributed by atoms with Crippen molar-refractivity contribution >= 4 is 28.8 Å². The summed E-state index contributed by atoms with van der Waals surface area (Å²) in [7, 11) is 2.97. The molecule has 32 heavy (non-hydrogen) atoms. The molecule has 162 valence electrons. The number of nitrogens with zero attached hydrogens (tertiary/aromatic N) is 1. The van der Waals surface area contributed by atoms with Crippen LogP contribution in [-0.4, -0.2) is 26.0 Å². The second-order valence-electron chi connectivity index (χ2n) is 6.85. The second kappa shape index (κ2) is 8.50. The predicted molar refractivity (Wildman–Crippen MR) is 115 cm³/mol. The van der Waals surface area contributed by atoms with Gasteiger partial charge in [-0.05, 0) is 29.8 Å². The van der Waals surface area contributed by atoms with E-state index in [0.717, 1.165) is 12.1 Å². The Morgan fingerprint density at radius 3 is 2.19 bits per heavy atom. The Bertz CT molecular complexity index is 1240. The van der Waals surface area contributed by atoms with Crippen molar-refractivity contribution in [2.45, 2.75) is 0 Å². The van der Waals surface area contributed by atoms with Crippen molar-refractivity contribution < 1.29 is 27.8 Å². The monoisotopic (exact) mass is 436 g/mol. The Balaban J connectivity index is 1.82. The highest BCUT2D eigenvalue weighted by Crippen LogP contribution is 2.36. The lowest BCUT2D eigenvalue weighted by Crippen LogP contribution is -2.33. The van der Waals surface area contributed by atoms with Gasteiger partial charge in [0.1, 0.15) is 17.3 Å². The fourth-order valence-corrected chi connectivity index (χ4v) is 3.46. The molecule has 0 aromatic heterocycles. The van der Waals surface area contributed by atoms with Gasteiger partial charge in [0.15, 0.2) is 11.5 Å². The molecule has 1 aliphatic heterocycles. The van der Waals surface area contributed by atoms with Crippen molar-refractivity contribution in [3.8, 4) is 11.5 Å². The molecule has 0 saturated carbocycles. The molecule has 1 N–H and O–H groups in total. The van der Waals surface area contributed by atoms with Crippen molar-refractivity contribution in [2.75, 3.05) is 24.4 Å². The van der Waals surface area contributed by atoms with Gasteiger partial charge < -0.3 is 14.8 Å². The number of hydrogen-bond acceptors (Lipinski definition) is 5. The third-order valence-corrected chi connectivity index (χ3v) is 4.95. The first-order valence-electron chi connectivity index (χ1n) is 9.57. The van der Waals surface area contributed by atoms with Crippen molar-refractivity contribution in [3.05, 3.63) is 89.6 Å². The van der Waals surface area contributed by atoms with E-state index in [-0.39, 0.29) is 17.0 Å². The van der Waals surface area contributed by atoms with E-state index in [1.165, 1.54) is 14.2 Å². The van der Waals surface area contributed by atoms with Crippen molar-refractivity contribution in [1.29, 1.82) is 0 Å². The van der Waals surface area contributed by atoms with Gasteiger partial charge in [-0.2, -0.15) is 0 Å². The van der Waals surface area contributed by atoms with Crippen molar-refractivity contribution in [2.24, 2.45) is 0 Å². The third kappa shape index (κ3) is 3.66. The van der Waals surface area contributed by atoms with Gasteiger partial charge in [-0.1, -0.05) is 30.3 Å². The summed E-state index contributed by atoms with van der Waals surface area (Å²) in [6, 6.07) is 16.1. The van der Waals surface area contributed by atoms with E-state index < -0.39 is 23.4 Å². The van der Waals surface area contributed by atoms with Crippen LogP contribution in [0.4, 0.5) is 20.2 Å². The van der Waals surface area contributed by atoms with Crippen LogP contribution < -0.4 is 19.7 Å². The predicted octanol–water partition coefficient (Wildman–Crippen LogP) is 4.38. The molecule has 1 aliphatic rings. The molecule has 0 fully saturated rings. The fourth-order valence-electron chi connectivity index (χ4n) is 3.46. The lowest BCUT2D eigenvalue weighted by Gasteiger charge is -2.16. The zero-order valence-electron chi connectivity index (χ0n) is 17.2. The van der Waals surface area contributed by atoms with Crippen LogP contribution in [0.1, 0.15) is 5.56 Å². The minimum Gasteiger partial charge on any atom is -0.493 e. The van der Waals surface area contributed by atoms with Gasteiger partial charge in [-0.15, -0.1) is 0 Å². The highest BCUT2D eigenvalue weighted by atomic mass is 19.1. The number of hydrogen-bond donors (Lipinski definition) is 1. The number of halogens is 2. The van der Waals surface area contributed by atoms with Gasteiger partial charge in [0, 0.05) is 17.8 Å². The average Bonchev–Trinajstić information content (AvgIpc) is 3.03. The van der Waals surface area contributed by atoms with Crippen LogP contribution in [-0.2, 0) is 9.59 Å². The molecule has 0 atom stereocenters. The average molecular weight is 436 g/mol. The molecule has 4 rings (SSSR count). The number of anilines is 2. The van der Waals surface area contributed by atoms with E-state index in [2.05, 4.69) is 5.32 Å². The number of rotatable bonds is 6. The standard InChI is InChI=1S/C24H18F2N2O4/c1-31-19-11-9-16(13-20(19)32-2)27-22-21(14-6-4-3-5-7-14)23(29)28(24(22)30)18-10-8-15(25)12-17(18)26/h3-13,27H,1-2H3. The normalized spacial score (nSPS) is 13.6. The van der Waals surface area contributed by atoms with E-state index in [1.807, 2.05) is 0 Å². The Morgan fingerprint density at radius 1 is 0.812 bits per heavy atom. The summed E-state index contributed by atoms with van der Waals surface area (Å²) in [6.07, 6.45) is 0. The summed E-state index contributed by atoms with van der Waals surface area (Å²) in [5.41, 5.74) is 0.609. The van der Waals surface area contributed by atoms with Crippen LogP contribution in [0.3, 0.4) is 0 Å². The summed E-state index contributed by atoms with van der Waals surface area (Å²) in [4.78, 5) is 27.3. The molecule has 3 aromatic carbocycles. The lowest BCUT2D eigenvalue weighted by atomic mass is 10.0. The largest absolute Gasteiger partial charge is 0.493 e. The Hall–Kier alpha value is -4.20. The summed E-state index contributed by atoms with van der Waals surface area (Å²) >= 11 is 0. The Morgan fingerprint density at radius 2 is 1.53 bits per heavy atom. The third-order valence-electron chi connectivity index (χ3n) is 4.95. The molecule has 0 bridgehead atoms. The summed E-state index contributed by atoms with van der Waals surface area (Å²) in [6.45, 7) is 0. The maximum absolute atomic E-state index is 14.5. The van der Waals surface area contributed by atoms with Gasteiger partial charge in [0.25, 0.3) is 11.8 Å². The first-order chi connectivity index (χ1) is 15.4. The van der Waals surface area contributed by atoms with Crippen molar-refractivity contribution in [3.63, 3.8) is 0 Å². The van der Waals surface area contributed by atoms with Crippen LogP contribution in [0.15, 0.2) is 72.4 Å². The van der Waals surface area contributed by atoms with Gasteiger partial charge in [-0.25, -0.2) is 13.7 Å². The molecule has 0 unspecified atom stereocenters. The summed E-state index contributed by atoms with van der Waals surface area (Å²) < 4.78 is 38.4. The number of carbonyl (C=O) groups is 2. The fraction of sp³-hybridized carbons (Fsp3) is 0.0833. The molecule has 6 nitrogen and oxygen atoms in total. The molecule has 0 saturated heterocycles. The number of nitrogens with one attached hydrogen (secondary N) is 1. The number of carbonyl (C=O) groups excluding carboxylic acids is 2. The van der Waals surface area contributed by atoms with Crippen LogP contribution in [0.25, 0.3) is 5.57 Å². The number of methoxy groups -OCH3 is 2. The highest BCUT2D eigenvalue weighted by molar-refractivity contribution is 6.46. The number of ether oxygens (including phenoxy) is 2. The molecule has 1 heterocycles. The number of benzene rings is 3. The van der Waals surface area contributed by atoms with Crippen LogP contribution in [0.5, 0.6) is 11.5 Å². The number of imide groups is 1. The first-order valence-corrected chi connectivity index (χ1v) is 9.57. The van der Waals surface area contributed by atoms with Gasteiger partial charge in [0.05, 0.1) is 25.5 Å². The minimum atomic E-state index is -1.02. The minimum absolute atomic E-state index is 0.0443. The second-order valence-corrected chi connectivity index (χ2v) is 6.85. The first kappa shape index (κ1) is 21.0. The van der Waals surface area contributed by atoms with E-state index in [4.69, 9.17) is 9.47 Å². The molecular weight excluding hydrogens is 418 g/mol. The maximum Gasteiger partial charge on any atom is 0.282 e. The molecule has 0 spiro atoms. The van der Waals surface area contributed by atoms with Gasteiger partial charge in [0.2, 0.25) is 0 Å². The summed E-state index contributed by atoms with van der Waals surface area (Å²) in [5, 5.41) is 2.96. The van der Waals surface area contributed by atoms with E-state index >= 15 is 0 Å². The van der Waals surface area contributed by atoms with E-state index in [9.17, 15) is 18.4 Å². The molecule has 3 aromatic rings. The number of amides is 2. The molecule has 0 aliphatic carbocycles. The molecular formula is C24H18F2N2O4. The molecule has 2 amide bonds. The van der Waals surface area contributed by atoms with Crippen LogP contribution >= 0.6 is 0 Å². The smallest absolute Gasteiger partial charge is 0.282 e. The van der Waals surface area contributed by atoms with E-state index in [0.29, 0.717) is 33.7 Å². The van der Waals surface area contributed by atoms with Gasteiger partial charge >= 0.3 is 0 Å². The van der Waals surface area contributed by atoms with E-state index in [1.54, 1.807) is 48.5 Å². The SMILES string of the molecule is COc1ccc(NC2=C(c3ccccc3)C(=O)N(c3ccc(F)cc3F)C2=O)cc1OC. The zero-order chi connectivity index (χ0) is 22.8. The van der Waals surface area contributed by atoms with Gasteiger partial charge in [-0.3, -0.25) is 9.59 Å². The Labute approximate surface area is 182 Å².